The molecule has 0 bridgehead atoms. The first-order valence-electron chi connectivity index (χ1n) is 4.22. The Labute approximate surface area is 82.8 Å². The minimum absolute atomic E-state index is 0.0919. The van der Waals surface area contributed by atoms with Crippen molar-refractivity contribution in [2.45, 2.75) is 19.1 Å². The van der Waals surface area contributed by atoms with Crippen molar-refractivity contribution in [3.63, 3.8) is 0 Å². The lowest BCUT2D eigenvalue weighted by atomic mass is 10.3. The van der Waals surface area contributed by atoms with E-state index in [4.69, 9.17) is 4.42 Å². The predicted molar refractivity (Wildman–Crippen MR) is 52.0 cm³/mol. The molecule has 0 aliphatic carbocycles. The minimum atomic E-state index is -3.33. The van der Waals surface area contributed by atoms with Crippen molar-refractivity contribution in [2.75, 3.05) is 5.75 Å². The first kappa shape index (κ1) is 11.0. The molecule has 0 fully saturated rings. The summed E-state index contributed by atoms with van der Waals surface area (Å²) in [5, 5.41) is -0.540. The second-order valence-corrected chi connectivity index (χ2v) is 5.81. The Kier molecular flexibility index (Phi) is 3.10. The standard InChI is InChI=1S/C9H12O4S/c1-7(2)14(11,12)6-8(10)9-4-3-5-13-9/h3-5,7H,6H2,1-2H3. The van der Waals surface area contributed by atoms with Gasteiger partial charge in [-0.2, -0.15) is 0 Å². The van der Waals surface area contributed by atoms with E-state index in [1.54, 1.807) is 19.9 Å². The Hall–Kier alpha value is -1.10. The van der Waals surface area contributed by atoms with Crippen LogP contribution in [0.4, 0.5) is 0 Å². The van der Waals surface area contributed by atoms with Gasteiger partial charge in [0.1, 0.15) is 5.75 Å². The van der Waals surface area contributed by atoms with Crippen molar-refractivity contribution < 1.29 is 17.6 Å². The first-order valence-corrected chi connectivity index (χ1v) is 5.93. The number of carbonyl (C=O) groups is 1. The van der Waals surface area contributed by atoms with Gasteiger partial charge in [-0.1, -0.05) is 0 Å². The molecule has 1 aromatic heterocycles. The molecule has 0 unspecified atom stereocenters. The smallest absolute Gasteiger partial charge is 0.212 e. The van der Waals surface area contributed by atoms with Crippen molar-refractivity contribution in [3.05, 3.63) is 24.2 Å². The summed E-state index contributed by atoms with van der Waals surface area (Å²) < 4.78 is 27.6. The third-order valence-corrected chi connectivity index (χ3v) is 3.95. The lowest BCUT2D eigenvalue weighted by Crippen LogP contribution is -2.23. The monoisotopic (exact) mass is 216 g/mol. The molecular formula is C9H12O4S. The third kappa shape index (κ3) is 2.45. The largest absolute Gasteiger partial charge is 0.461 e. The van der Waals surface area contributed by atoms with Gasteiger partial charge in [-0.15, -0.1) is 0 Å². The Bertz CT molecular complexity index is 400. The van der Waals surface area contributed by atoms with Crippen LogP contribution in [-0.4, -0.2) is 25.2 Å². The zero-order valence-electron chi connectivity index (χ0n) is 8.06. The molecule has 0 spiro atoms. The summed E-state index contributed by atoms with van der Waals surface area (Å²) in [6, 6.07) is 3.01. The van der Waals surface area contributed by atoms with Crippen molar-refractivity contribution in [1.29, 1.82) is 0 Å². The third-order valence-electron chi connectivity index (χ3n) is 1.85. The predicted octanol–water partition coefficient (Wildman–Crippen LogP) is 1.29. The highest BCUT2D eigenvalue weighted by atomic mass is 32.2. The van der Waals surface area contributed by atoms with Crippen LogP contribution >= 0.6 is 0 Å². The van der Waals surface area contributed by atoms with Gasteiger partial charge < -0.3 is 4.42 Å². The maximum atomic E-state index is 11.4. The van der Waals surface area contributed by atoms with E-state index in [1.807, 2.05) is 0 Å². The van der Waals surface area contributed by atoms with Crippen LogP contribution in [0.25, 0.3) is 0 Å². The fourth-order valence-electron chi connectivity index (χ4n) is 0.858. The topological polar surface area (TPSA) is 64.3 Å². The van der Waals surface area contributed by atoms with Gasteiger partial charge in [0, 0.05) is 0 Å². The van der Waals surface area contributed by atoms with Crippen LogP contribution in [0.3, 0.4) is 0 Å². The summed E-state index contributed by atoms with van der Waals surface area (Å²) in [6.45, 7) is 3.09. The van der Waals surface area contributed by atoms with Gasteiger partial charge >= 0.3 is 0 Å². The Morgan fingerprint density at radius 1 is 1.50 bits per heavy atom. The Morgan fingerprint density at radius 3 is 2.57 bits per heavy atom. The summed E-state index contributed by atoms with van der Waals surface area (Å²) in [5.74, 6) is -0.893. The van der Waals surface area contributed by atoms with Crippen LogP contribution in [0.2, 0.25) is 0 Å². The molecule has 0 amide bonds. The molecule has 78 valence electrons. The average molecular weight is 216 g/mol. The van der Waals surface area contributed by atoms with Gasteiger partial charge in [0.25, 0.3) is 0 Å². The number of hydrogen-bond donors (Lipinski definition) is 0. The second-order valence-electron chi connectivity index (χ2n) is 3.26. The van der Waals surface area contributed by atoms with Crippen molar-refractivity contribution >= 4 is 15.6 Å². The van der Waals surface area contributed by atoms with E-state index in [2.05, 4.69) is 0 Å². The fourth-order valence-corrected chi connectivity index (χ4v) is 1.70. The van der Waals surface area contributed by atoms with Gasteiger partial charge in [0.05, 0.1) is 11.5 Å². The molecule has 14 heavy (non-hydrogen) atoms. The van der Waals surface area contributed by atoms with Crippen LogP contribution in [-0.2, 0) is 9.84 Å². The molecule has 0 saturated carbocycles. The van der Waals surface area contributed by atoms with E-state index in [1.165, 1.54) is 12.3 Å². The maximum Gasteiger partial charge on any atom is 0.212 e. The normalized spacial score (nSPS) is 11.9. The number of ketones is 1. The SMILES string of the molecule is CC(C)S(=O)(=O)CC(=O)c1ccco1. The molecule has 0 N–H and O–H groups in total. The van der Waals surface area contributed by atoms with Gasteiger partial charge in [0.2, 0.25) is 5.78 Å². The first-order chi connectivity index (χ1) is 6.43. The van der Waals surface area contributed by atoms with Gasteiger partial charge in [0.15, 0.2) is 15.6 Å². The highest BCUT2D eigenvalue weighted by Gasteiger charge is 2.22. The van der Waals surface area contributed by atoms with Crippen LogP contribution < -0.4 is 0 Å². The quantitative estimate of drug-likeness (QED) is 0.711. The van der Waals surface area contributed by atoms with Gasteiger partial charge in [-0.25, -0.2) is 8.42 Å². The summed E-state index contributed by atoms with van der Waals surface area (Å²) in [6.07, 6.45) is 1.34. The average Bonchev–Trinajstić information content (AvgIpc) is 2.54. The lowest BCUT2D eigenvalue weighted by Gasteiger charge is -2.04. The molecular weight excluding hydrogens is 204 g/mol. The molecule has 0 atom stereocenters. The Morgan fingerprint density at radius 2 is 2.14 bits per heavy atom. The van der Waals surface area contributed by atoms with Gasteiger partial charge in [-0.3, -0.25) is 4.79 Å². The van der Waals surface area contributed by atoms with E-state index < -0.39 is 26.6 Å². The minimum Gasteiger partial charge on any atom is -0.461 e. The van der Waals surface area contributed by atoms with E-state index in [0.717, 1.165) is 0 Å². The zero-order chi connectivity index (χ0) is 10.8. The summed E-state index contributed by atoms with van der Waals surface area (Å²) >= 11 is 0. The second kappa shape index (κ2) is 3.96. The van der Waals surface area contributed by atoms with Crippen LogP contribution in [0, 0.1) is 0 Å². The van der Waals surface area contributed by atoms with E-state index in [-0.39, 0.29) is 5.76 Å². The zero-order valence-corrected chi connectivity index (χ0v) is 8.87. The van der Waals surface area contributed by atoms with Crippen molar-refractivity contribution in [3.8, 4) is 0 Å². The highest BCUT2D eigenvalue weighted by Crippen LogP contribution is 2.07. The molecule has 0 radical (unpaired) electrons. The fraction of sp³-hybridized carbons (Fsp3) is 0.444. The number of hydrogen-bond acceptors (Lipinski definition) is 4. The van der Waals surface area contributed by atoms with Crippen molar-refractivity contribution in [1.82, 2.24) is 0 Å². The lowest BCUT2D eigenvalue weighted by molar-refractivity contribution is 0.0990. The highest BCUT2D eigenvalue weighted by molar-refractivity contribution is 7.92. The van der Waals surface area contributed by atoms with Crippen LogP contribution in [0.5, 0.6) is 0 Å². The number of sulfone groups is 1. The molecule has 1 heterocycles. The molecule has 0 aliphatic rings. The van der Waals surface area contributed by atoms with E-state index in [0.29, 0.717) is 0 Å². The Balaban J connectivity index is 2.77. The number of rotatable bonds is 4. The summed E-state index contributed by atoms with van der Waals surface area (Å²) in [5.41, 5.74) is 0. The molecule has 0 saturated heterocycles. The summed E-state index contributed by atoms with van der Waals surface area (Å²) in [4.78, 5) is 11.4. The van der Waals surface area contributed by atoms with E-state index in [9.17, 15) is 13.2 Å². The number of Topliss-reactive ketones (excluding diaryl/α,β-unsaturated/α-hetero) is 1. The van der Waals surface area contributed by atoms with Crippen LogP contribution in [0.1, 0.15) is 24.4 Å². The van der Waals surface area contributed by atoms with Gasteiger partial charge in [-0.05, 0) is 26.0 Å². The number of furan rings is 1. The van der Waals surface area contributed by atoms with Crippen molar-refractivity contribution in [2.24, 2.45) is 0 Å². The van der Waals surface area contributed by atoms with Crippen LogP contribution in [0.15, 0.2) is 22.8 Å². The summed E-state index contributed by atoms with van der Waals surface area (Å²) in [7, 11) is -3.33. The molecule has 0 aromatic carbocycles. The molecule has 5 heteroatoms. The molecule has 1 rings (SSSR count). The number of carbonyl (C=O) groups excluding carboxylic acids is 1. The molecule has 1 aromatic rings. The molecule has 4 nitrogen and oxygen atoms in total. The maximum absolute atomic E-state index is 11.4. The molecule has 0 aliphatic heterocycles. The van der Waals surface area contributed by atoms with E-state index >= 15 is 0 Å².